The van der Waals surface area contributed by atoms with Crippen molar-refractivity contribution < 1.29 is 13.2 Å². The first-order valence-electron chi connectivity index (χ1n) is 5.72. The van der Waals surface area contributed by atoms with E-state index >= 15 is 0 Å². The Balaban J connectivity index is 2.36. The molecule has 0 aliphatic carbocycles. The Morgan fingerprint density at radius 2 is 1.80 bits per heavy atom. The molecule has 0 aliphatic rings. The van der Waals surface area contributed by atoms with Gasteiger partial charge in [0.05, 0.1) is 0 Å². The molecule has 1 aromatic carbocycles. The highest BCUT2D eigenvalue weighted by Crippen LogP contribution is 2.30. The molecule has 7 heteroatoms. The lowest BCUT2D eigenvalue weighted by molar-refractivity contribution is -0.141. The second-order valence-corrected chi connectivity index (χ2v) is 4.69. The van der Waals surface area contributed by atoms with Crippen LogP contribution in [0.5, 0.6) is 0 Å². The maximum absolute atomic E-state index is 12.6. The van der Waals surface area contributed by atoms with Crippen molar-refractivity contribution in [1.29, 1.82) is 0 Å². The fourth-order valence-electron chi connectivity index (χ4n) is 1.72. The molecule has 2 aromatic rings. The normalized spacial score (nSPS) is 11.5. The molecule has 0 saturated carbocycles. The number of halogens is 4. The molecule has 0 unspecified atom stereocenters. The predicted octanol–water partition coefficient (Wildman–Crippen LogP) is 4.51. The van der Waals surface area contributed by atoms with E-state index in [2.05, 4.69) is 15.3 Å². The van der Waals surface area contributed by atoms with Crippen LogP contribution in [0, 0.1) is 13.8 Å². The number of hydrogen-bond acceptors (Lipinski definition) is 3. The molecule has 0 atom stereocenters. The van der Waals surface area contributed by atoms with Gasteiger partial charge in [-0.2, -0.15) is 13.2 Å². The van der Waals surface area contributed by atoms with Gasteiger partial charge in [0, 0.05) is 11.8 Å². The minimum absolute atomic E-state index is 0.00396. The molecule has 0 radical (unpaired) electrons. The monoisotopic (exact) mass is 301 g/mol. The van der Waals surface area contributed by atoms with Gasteiger partial charge in [-0.1, -0.05) is 17.7 Å². The first kappa shape index (κ1) is 14.6. The van der Waals surface area contributed by atoms with Crippen LogP contribution in [0.3, 0.4) is 0 Å². The van der Waals surface area contributed by atoms with E-state index in [-0.39, 0.29) is 5.82 Å². The topological polar surface area (TPSA) is 37.8 Å². The molecule has 2 rings (SSSR count). The summed E-state index contributed by atoms with van der Waals surface area (Å²) in [5, 5.41) is 2.37. The van der Waals surface area contributed by atoms with Gasteiger partial charge in [-0.3, -0.25) is 0 Å². The Kier molecular flexibility index (Phi) is 3.85. The van der Waals surface area contributed by atoms with Crippen LogP contribution in [-0.2, 0) is 6.18 Å². The molecule has 106 valence electrons. The summed E-state index contributed by atoms with van der Waals surface area (Å²) in [7, 11) is 0. The van der Waals surface area contributed by atoms with Crippen molar-refractivity contribution in [2.75, 3.05) is 5.32 Å². The first-order chi connectivity index (χ1) is 9.25. The lowest BCUT2D eigenvalue weighted by Gasteiger charge is -2.12. The zero-order chi connectivity index (χ0) is 14.9. The van der Waals surface area contributed by atoms with E-state index in [0.29, 0.717) is 5.69 Å². The molecule has 0 saturated heterocycles. The van der Waals surface area contributed by atoms with Crippen molar-refractivity contribution in [2.24, 2.45) is 0 Å². The van der Waals surface area contributed by atoms with Gasteiger partial charge in [0.15, 0.2) is 5.69 Å². The summed E-state index contributed by atoms with van der Waals surface area (Å²) in [5.74, 6) is 0.00396. The van der Waals surface area contributed by atoms with Crippen LogP contribution in [0.1, 0.15) is 16.8 Å². The molecule has 20 heavy (non-hydrogen) atoms. The number of hydrogen-bond donors (Lipinski definition) is 1. The summed E-state index contributed by atoms with van der Waals surface area (Å²) in [5.41, 5.74) is 1.54. The van der Waals surface area contributed by atoms with Crippen LogP contribution in [0.2, 0.25) is 5.28 Å². The largest absolute Gasteiger partial charge is 0.433 e. The van der Waals surface area contributed by atoms with Crippen molar-refractivity contribution in [3.63, 3.8) is 0 Å². The first-order valence-corrected chi connectivity index (χ1v) is 6.09. The SMILES string of the molecule is Cc1ccc(Nc2cc(C(F)(F)F)nc(Cl)n2)c(C)c1. The molecule has 0 aliphatic heterocycles. The average molecular weight is 302 g/mol. The molecule has 3 nitrogen and oxygen atoms in total. The van der Waals surface area contributed by atoms with Gasteiger partial charge >= 0.3 is 6.18 Å². The molecule has 1 N–H and O–H groups in total. The number of aryl methyl sites for hydroxylation is 2. The standard InChI is InChI=1S/C13H11ClF3N3/c1-7-3-4-9(8(2)5-7)18-11-6-10(13(15,16)17)19-12(14)20-11/h3-6H,1-2H3,(H,18,19,20). The third-order valence-corrected chi connectivity index (χ3v) is 2.80. The van der Waals surface area contributed by atoms with Gasteiger partial charge in [-0.05, 0) is 37.1 Å². The summed E-state index contributed by atoms with van der Waals surface area (Å²) in [6, 6.07) is 6.36. The second kappa shape index (κ2) is 5.28. The smallest absolute Gasteiger partial charge is 0.340 e. The molecule has 0 bridgehead atoms. The molecule has 0 amide bonds. The quantitative estimate of drug-likeness (QED) is 0.829. The maximum Gasteiger partial charge on any atom is 0.433 e. The zero-order valence-electron chi connectivity index (χ0n) is 10.7. The van der Waals surface area contributed by atoms with E-state index in [0.717, 1.165) is 17.2 Å². The Morgan fingerprint density at radius 1 is 1.10 bits per heavy atom. The van der Waals surface area contributed by atoms with Crippen LogP contribution in [0.15, 0.2) is 24.3 Å². The van der Waals surface area contributed by atoms with Gasteiger partial charge in [0.2, 0.25) is 5.28 Å². The van der Waals surface area contributed by atoms with Crippen LogP contribution in [-0.4, -0.2) is 9.97 Å². The zero-order valence-corrected chi connectivity index (χ0v) is 11.5. The highest BCUT2D eigenvalue weighted by atomic mass is 35.5. The summed E-state index contributed by atoms with van der Waals surface area (Å²) in [6.07, 6.45) is -4.56. The van der Waals surface area contributed by atoms with E-state index in [1.807, 2.05) is 26.0 Å². The van der Waals surface area contributed by atoms with Gasteiger partial charge in [0.25, 0.3) is 0 Å². The van der Waals surface area contributed by atoms with Crippen LogP contribution >= 0.6 is 11.6 Å². The molecule has 1 aromatic heterocycles. The van der Waals surface area contributed by atoms with Gasteiger partial charge in [-0.25, -0.2) is 9.97 Å². The number of alkyl halides is 3. The molecular weight excluding hydrogens is 291 g/mol. The average Bonchev–Trinajstić information content (AvgIpc) is 2.31. The van der Waals surface area contributed by atoms with Crippen molar-refractivity contribution in [2.45, 2.75) is 20.0 Å². The highest BCUT2D eigenvalue weighted by molar-refractivity contribution is 6.28. The van der Waals surface area contributed by atoms with Crippen molar-refractivity contribution in [1.82, 2.24) is 9.97 Å². The van der Waals surface area contributed by atoms with Crippen LogP contribution in [0.4, 0.5) is 24.7 Å². The van der Waals surface area contributed by atoms with E-state index in [1.165, 1.54) is 0 Å². The molecule has 1 heterocycles. The van der Waals surface area contributed by atoms with Gasteiger partial charge in [-0.15, -0.1) is 0 Å². The lowest BCUT2D eigenvalue weighted by Crippen LogP contribution is -2.10. The molecular formula is C13H11ClF3N3. The fraction of sp³-hybridized carbons (Fsp3) is 0.231. The molecule has 0 spiro atoms. The molecule has 0 fully saturated rings. The second-order valence-electron chi connectivity index (χ2n) is 4.35. The number of benzene rings is 1. The number of nitrogens with zero attached hydrogens (tertiary/aromatic N) is 2. The van der Waals surface area contributed by atoms with Crippen molar-refractivity contribution >= 4 is 23.1 Å². The number of aromatic nitrogens is 2. The summed E-state index contributed by atoms with van der Waals surface area (Å²) < 4.78 is 37.9. The van der Waals surface area contributed by atoms with Gasteiger partial charge in [0.1, 0.15) is 5.82 Å². The third kappa shape index (κ3) is 3.39. The summed E-state index contributed by atoms with van der Waals surface area (Å²) in [6.45, 7) is 3.78. The van der Waals surface area contributed by atoms with Crippen molar-refractivity contribution in [3.05, 3.63) is 46.4 Å². The highest BCUT2D eigenvalue weighted by Gasteiger charge is 2.33. The third-order valence-electron chi connectivity index (χ3n) is 2.63. The fourth-order valence-corrected chi connectivity index (χ4v) is 1.90. The number of anilines is 2. The number of nitrogens with one attached hydrogen (secondary N) is 1. The van der Waals surface area contributed by atoms with E-state index in [1.54, 1.807) is 6.07 Å². The van der Waals surface area contributed by atoms with E-state index in [4.69, 9.17) is 11.6 Å². The predicted molar refractivity (Wildman–Crippen MR) is 71.2 cm³/mol. The van der Waals surface area contributed by atoms with Crippen LogP contribution < -0.4 is 5.32 Å². The lowest BCUT2D eigenvalue weighted by atomic mass is 10.1. The summed E-state index contributed by atoms with van der Waals surface area (Å²) in [4.78, 5) is 6.92. The Labute approximate surface area is 118 Å². The van der Waals surface area contributed by atoms with E-state index < -0.39 is 17.2 Å². The maximum atomic E-state index is 12.6. The Morgan fingerprint density at radius 3 is 2.40 bits per heavy atom. The minimum atomic E-state index is -4.56. The number of rotatable bonds is 2. The van der Waals surface area contributed by atoms with Gasteiger partial charge < -0.3 is 5.32 Å². The van der Waals surface area contributed by atoms with Crippen LogP contribution in [0.25, 0.3) is 0 Å². The van der Waals surface area contributed by atoms with Crippen molar-refractivity contribution in [3.8, 4) is 0 Å². The Hall–Kier alpha value is -1.82. The minimum Gasteiger partial charge on any atom is -0.340 e. The Bertz CT molecular complexity index is 641. The summed E-state index contributed by atoms with van der Waals surface area (Å²) >= 11 is 5.53. The van der Waals surface area contributed by atoms with E-state index in [9.17, 15) is 13.2 Å².